The van der Waals surface area contributed by atoms with E-state index in [1.165, 1.54) is 0 Å². The Balaban J connectivity index is 0.00000128. The van der Waals surface area contributed by atoms with E-state index < -0.39 is 0 Å². The van der Waals surface area contributed by atoms with Crippen molar-refractivity contribution in [2.45, 2.75) is 6.42 Å². The van der Waals surface area contributed by atoms with Crippen LogP contribution in [0.2, 0.25) is 0 Å². The first-order valence-corrected chi connectivity index (χ1v) is 5.26. The number of nitrogens with zero attached hydrogens (tertiary/aromatic N) is 3. The van der Waals surface area contributed by atoms with Crippen molar-refractivity contribution in [3.8, 4) is 0 Å². The Kier molecular flexibility index (Phi) is 4.76. The fraction of sp³-hybridized carbons (Fsp3) is 0.600. The Hall–Kier alpha value is -1.07. The van der Waals surface area contributed by atoms with Gasteiger partial charge in [-0.05, 0) is 13.0 Å². The van der Waals surface area contributed by atoms with Gasteiger partial charge in [-0.15, -0.1) is 12.4 Å². The molecule has 0 radical (unpaired) electrons. The molecule has 90 valence electrons. The molecule has 0 aliphatic carbocycles. The van der Waals surface area contributed by atoms with E-state index >= 15 is 0 Å². The van der Waals surface area contributed by atoms with Crippen LogP contribution >= 0.6 is 12.4 Å². The van der Waals surface area contributed by atoms with Crippen LogP contribution in [-0.4, -0.2) is 46.8 Å². The number of amides is 1. The van der Waals surface area contributed by atoms with Gasteiger partial charge in [-0.25, -0.2) is 0 Å². The lowest BCUT2D eigenvalue weighted by atomic mass is 10.3. The van der Waals surface area contributed by atoms with Crippen LogP contribution in [0.25, 0.3) is 0 Å². The Labute approximate surface area is 101 Å². The third-order valence-corrected chi connectivity index (χ3v) is 2.58. The second kappa shape index (κ2) is 5.86. The zero-order valence-corrected chi connectivity index (χ0v) is 10.2. The first-order chi connectivity index (χ1) is 7.27. The first-order valence-electron chi connectivity index (χ1n) is 5.26. The highest BCUT2D eigenvalue weighted by Crippen LogP contribution is 2.05. The minimum Gasteiger partial charge on any atom is -0.337 e. The Morgan fingerprint density at radius 1 is 1.44 bits per heavy atom. The molecule has 2 rings (SSSR count). The maximum Gasteiger partial charge on any atom is 0.257 e. The van der Waals surface area contributed by atoms with Gasteiger partial charge < -0.3 is 10.2 Å². The van der Waals surface area contributed by atoms with E-state index in [1.54, 1.807) is 17.1 Å². The summed E-state index contributed by atoms with van der Waals surface area (Å²) < 4.78 is 1.66. The highest BCUT2D eigenvalue weighted by atomic mass is 35.5. The fourth-order valence-electron chi connectivity index (χ4n) is 1.76. The van der Waals surface area contributed by atoms with Crippen molar-refractivity contribution in [1.29, 1.82) is 0 Å². The van der Waals surface area contributed by atoms with Gasteiger partial charge >= 0.3 is 0 Å². The number of carbonyl (C=O) groups is 1. The predicted octanol–water partition coefficient (Wildman–Crippen LogP) is 0.277. The molecule has 0 atom stereocenters. The molecule has 6 heteroatoms. The maximum atomic E-state index is 12.0. The second-order valence-electron chi connectivity index (χ2n) is 3.80. The average Bonchev–Trinajstić information content (AvgIpc) is 2.53. The number of hydrogen-bond acceptors (Lipinski definition) is 3. The monoisotopic (exact) mass is 244 g/mol. The number of aryl methyl sites for hydroxylation is 1. The molecule has 1 aromatic heterocycles. The van der Waals surface area contributed by atoms with Crippen molar-refractivity contribution in [2.24, 2.45) is 7.05 Å². The molecule has 0 unspecified atom stereocenters. The number of hydrogen-bond donors (Lipinski definition) is 1. The van der Waals surface area contributed by atoms with Crippen LogP contribution in [0, 0.1) is 0 Å². The van der Waals surface area contributed by atoms with Crippen molar-refractivity contribution in [1.82, 2.24) is 20.0 Å². The molecule has 1 aliphatic heterocycles. The topological polar surface area (TPSA) is 50.2 Å². The minimum absolute atomic E-state index is 0. The van der Waals surface area contributed by atoms with E-state index in [-0.39, 0.29) is 18.3 Å². The summed E-state index contributed by atoms with van der Waals surface area (Å²) in [7, 11) is 1.82. The summed E-state index contributed by atoms with van der Waals surface area (Å²) in [5.74, 6) is 0.0896. The summed E-state index contributed by atoms with van der Waals surface area (Å²) in [6.07, 6.45) is 4.41. The van der Waals surface area contributed by atoms with Gasteiger partial charge in [0.05, 0.1) is 11.8 Å². The number of nitrogens with one attached hydrogen (secondary N) is 1. The Bertz CT molecular complexity index is 344. The highest BCUT2D eigenvalue weighted by Gasteiger charge is 2.17. The van der Waals surface area contributed by atoms with Gasteiger partial charge in [0.25, 0.3) is 5.91 Å². The van der Waals surface area contributed by atoms with Crippen LogP contribution in [0.1, 0.15) is 16.8 Å². The quantitative estimate of drug-likeness (QED) is 0.772. The summed E-state index contributed by atoms with van der Waals surface area (Å²) in [6, 6.07) is 0. The highest BCUT2D eigenvalue weighted by molar-refractivity contribution is 5.93. The van der Waals surface area contributed by atoms with Crippen molar-refractivity contribution in [3.05, 3.63) is 18.0 Å². The lowest BCUT2D eigenvalue weighted by Gasteiger charge is -2.18. The van der Waals surface area contributed by atoms with Gasteiger partial charge in [-0.3, -0.25) is 9.48 Å². The van der Waals surface area contributed by atoms with E-state index in [1.807, 2.05) is 11.9 Å². The van der Waals surface area contributed by atoms with Gasteiger partial charge in [0, 0.05) is 32.9 Å². The molecule has 1 aliphatic rings. The molecule has 0 saturated carbocycles. The molecule has 1 amide bonds. The minimum atomic E-state index is 0. The zero-order valence-electron chi connectivity index (χ0n) is 9.35. The second-order valence-corrected chi connectivity index (χ2v) is 3.80. The molecule has 5 nitrogen and oxygen atoms in total. The summed E-state index contributed by atoms with van der Waals surface area (Å²) in [4.78, 5) is 13.9. The van der Waals surface area contributed by atoms with Gasteiger partial charge in [-0.2, -0.15) is 5.10 Å². The largest absolute Gasteiger partial charge is 0.337 e. The first kappa shape index (κ1) is 13.0. The molecular weight excluding hydrogens is 228 g/mol. The summed E-state index contributed by atoms with van der Waals surface area (Å²) >= 11 is 0. The summed E-state index contributed by atoms with van der Waals surface area (Å²) in [5, 5.41) is 7.28. The number of halogens is 1. The van der Waals surface area contributed by atoms with Gasteiger partial charge in [0.1, 0.15) is 0 Å². The van der Waals surface area contributed by atoms with Crippen molar-refractivity contribution < 1.29 is 4.79 Å². The van der Waals surface area contributed by atoms with E-state index in [0.717, 1.165) is 32.6 Å². The molecule has 1 aromatic rings. The van der Waals surface area contributed by atoms with Gasteiger partial charge in [-0.1, -0.05) is 0 Å². The molecule has 2 heterocycles. The van der Waals surface area contributed by atoms with Crippen molar-refractivity contribution in [2.75, 3.05) is 26.2 Å². The molecule has 1 saturated heterocycles. The third-order valence-electron chi connectivity index (χ3n) is 2.58. The van der Waals surface area contributed by atoms with Crippen LogP contribution in [-0.2, 0) is 7.05 Å². The molecule has 0 aromatic carbocycles. The molecular formula is C10H17ClN4O. The summed E-state index contributed by atoms with van der Waals surface area (Å²) in [6.45, 7) is 3.50. The van der Waals surface area contributed by atoms with Gasteiger partial charge in [0.15, 0.2) is 0 Å². The molecule has 0 bridgehead atoms. The van der Waals surface area contributed by atoms with E-state index in [0.29, 0.717) is 5.56 Å². The summed E-state index contributed by atoms with van der Waals surface area (Å²) in [5.41, 5.74) is 0.680. The predicted molar refractivity (Wildman–Crippen MR) is 63.8 cm³/mol. The average molecular weight is 245 g/mol. The van der Waals surface area contributed by atoms with Crippen molar-refractivity contribution >= 4 is 18.3 Å². The zero-order chi connectivity index (χ0) is 10.7. The smallest absolute Gasteiger partial charge is 0.257 e. The standard InChI is InChI=1S/C10H16N4O.ClH/c1-13-8-9(7-12-13)10(15)14-5-2-3-11-4-6-14;/h7-8,11H,2-6H2,1H3;1H. The van der Waals surface area contributed by atoms with E-state index in [9.17, 15) is 4.79 Å². The Morgan fingerprint density at radius 3 is 2.94 bits per heavy atom. The third kappa shape index (κ3) is 2.96. The van der Waals surface area contributed by atoms with Crippen LogP contribution < -0.4 is 5.32 Å². The van der Waals surface area contributed by atoms with Crippen molar-refractivity contribution in [3.63, 3.8) is 0 Å². The number of carbonyl (C=O) groups excluding carboxylic acids is 1. The lowest BCUT2D eigenvalue weighted by Crippen LogP contribution is -2.33. The molecule has 1 fully saturated rings. The van der Waals surface area contributed by atoms with E-state index in [2.05, 4.69) is 10.4 Å². The molecule has 1 N–H and O–H groups in total. The molecule has 0 spiro atoms. The number of aromatic nitrogens is 2. The lowest BCUT2D eigenvalue weighted by molar-refractivity contribution is 0.0766. The van der Waals surface area contributed by atoms with Crippen LogP contribution in [0.4, 0.5) is 0 Å². The van der Waals surface area contributed by atoms with Crippen LogP contribution in [0.5, 0.6) is 0 Å². The Morgan fingerprint density at radius 2 is 2.25 bits per heavy atom. The maximum absolute atomic E-state index is 12.0. The normalized spacial score (nSPS) is 16.4. The van der Waals surface area contributed by atoms with Crippen LogP contribution in [0.3, 0.4) is 0 Å². The van der Waals surface area contributed by atoms with Gasteiger partial charge in [0.2, 0.25) is 0 Å². The fourth-order valence-corrected chi connectivity index (χ4v) is 1.76. The van der Waals surface area contributed by atoms with E-state index in [4.69, 9.17) is 0 Å². The number of rotatable bonds is 1. The molecule has 16 heavy (non-hydrogen) atoms. The SMILES string of the molecule is Cl.Cn1cc(C(=O)N2CCCNCC2)cn1. The van der Waals surface area contributed by atoms with Crippen LogP contribution in [0.15, 0.2) is 12.4 Å².